The molecule has 1 aliphatic carbocycles. The lowest BCUT2D eigenvalue weighted by Gasteiger charge is -2.29. The van der Waals surface area contributed by atoms with E-state index in [0.717, 1.165) is 19.5 Å². The van der Waals surface area contributed by atoms with Gasteiger partial charge in [0, 0.05) is 19.1 Å². The van der Waals surface area contributed by atoms with Crippen LogP contribution in [0.2, 0.25) is 0 Å². The molecule has 1 saturated heterocycles. The SMILES string of the molecule is OC1CC2CC1CN2Cc1ccccc1. The molecule has 2 aliphatic rings. The molecule has 3 atom stereocenters. The molecule has 0 amide bonds. The Kier molecular flexibility index (Phi) is 2.26. The standard InChI is InChI=1S/C13H17NO/c15-13-7-12-6-11(13)9-14(12)8-10-4-2-1-3-5-10/h1-5,11-13,15H,6-9H2. The minimum Gasteiger partial charge on any atom is -0.393 e. The van der Waals surface area contributed by atoms with Gasteiger partial charge >= 0.3 is 0 Å². The molecule has 0 aromatic heterocycles. The van der Waals surface area contributed by atoms with E-state index < -0.39 is 0 Å². The predicted octanol–water partition coefficient (Wildman–Crippen LogP) is 1.64. The molecule has 2 bridgehead atoms. The van der Waals surface area contributed by atoms with Crippen molar-refractivity contribution >= 4 is 0 Å². The molecule has 80 valence electrons. The van der Waals surface area contributed by atoms with Crippen LogP contribution in [0.3, 0.4) is 0 Å². The fourth-order valence-electron chi connectivity index (χ4n) is 3.03. The molecular weight excluding hydrogens is 186 g/mol. The smallest absolute Gasteiger partial charge is 0.0596 e. The number of rotatable bonds is 2. The Morgan fingerprint density at radius 3 is 2.60 bits per heavy atom. The molecule has 1 aromatic carbocycles. The molecule has 1 heterocycles. The van der Waals surface area contributed by atoms with Crippen LogP contribution in [0, 0.1) is 5.92 Å². The van der Waals surface area contributed by atoms with Crippen molar-refractivity contribution in [1.82, 2.24) is 4.90 Å². The normalized spacial score (nSPS) is 34.9. The average molecular weight is 203 g/mol. The van der Waals surface area contributed by atoms with Crippen LogP contribution in [0.1, 0.15) is 18.4 Å². The van der Waals surface area contributed by atoms with Crippen LogP contribution in [0.4, 0.5) is 0 Å². The maximum atomic E-state index is 9.68. The van der Waals surface area contributed by atoms with Gasteiger partial charge in [0.15, 0.2) is 0 Å². The first-order chi connectivity index (χ1) is 7.33. The van der Waals surface area contributed by atoms with E-state index in [1.165, 1.54) is 12.0 Å². The number of benzene rings is 1. The van der Waals surface area contributed by atoms with Crippen LogP contribution >= 0.6 is 0 Å². The van der Waals surface area contributed by atoms with Crippen LogP contribution in [0.15, 0.2) is 30.3 Å². The van der Waals surface area contributed by atoms with Gasteiger partial charge in [-0.1, -0.05) is 30.3 Å². The molecule has 2 fully saturated rings. The summed E-state index contributed by atoms with van der Waals surface area (Å²) in [5.41, 5.74) is 1.39. The Bertz CT molecular complexity index is 336. The first-order valence-corrected chi connectivity index (χ1v) is 5.79. The minimum absolute atomic E-state index is 0.0259. The van der Waals surface area contributed by atoms with Crippen LogP contribution in [0.25, 0.3) is 0 Å². The zero-order valence-corrected chi connectivity index (χ0v) is 8.84. The molecular formula is C13H17NO. The first kappa shape index (κ1) is 9.37. The number of hydrogen-bond donors (Lipinski definition) is 1. The number of nitrogens with zero attached hydrogens (tertiary/aromatic N) is 1. The molecule has 0 radical (unpaired) electrons. The highest BCUT2D eigenvalue weighted by Crippen LogP contribution is 2.38. The second-order valence-corrected chi connectivity index (χ2v) is 4.87. The summed E-state index contributed by atoms with van der Waals surface area (Å²) in [6.07, 6.45) is 2.16. The number of aliphatic hydroxyl groups excluding tert-OH is 1. The van der Waals surface area contributed by atoms with E-state index in [-0.39, 0.29) is 6.10 Å². The van der Waals surface area contributed by atoms with Crippen molar-refractivity contribution in [3.63, 3.8) is 0 Å². The zero-order chi connectivity index (χ0) is 10.3. The average Bonchev–Trinajstić information content (AvgIpc) is 2.78. The Morgan fingerprint density at radius 2 is 2.00 bits per heavy atom. The molecule has 3 unspecified atom stereocenters. The maximum Gasteiger partial charge on any atom is 0.0596 e. The lowest BCUT2D eigenvalue weighted by Crippen LogP contribution is -2.36. The third kappa shape index (κ3) is 1.68. The van der Waals surface area contributed by atoms with Crippen molar-refractivity contribution in [3.05, 3.63) is 35.9 Å². The van der Waals surface area contributed by atoms with Gasteiger partial charge in [-0.2, -0.15) is 0 Å². The van der Waals surface area contributed by atoms with Crippen molar-refractivity contribution in [1.29, 1.82) is 0 Å². The second kappa shape index (κ2) is 3.62. The summed E-state index contributed by atoms with van der Waals surface area (Å²) in [6.45, 7) is 2.13. The fraction of sp³-hybridized carbons (Fsp3) is 0.538. The molecule has 1 aromatic rings. The van der Waals surface area contributed by atoms with Crippen molar-refractivity contribution in [2.45, 2.75) is 31.5 Å². The van der Waals surface area contributed by atoms with Gasteiger partial charge in [-0.25, -0.2) is 0 Å². The Labute approximate surface area is 90.5 Å². The van der Waals surface area contributed by atoms with Crippen LogP contribution < -0.4 is 0 Å². The van der Waals surface area contributed by atoms with Crippen molar-refractivity contribution in [2.75, 3.05) is 6.54 Å². The van der Waals surface area contributed by atoms with E-state index in [9.17, 15) is 5.11 Å². The summed E-state index contributed by atoms with van der Waals surface area (Å²) >= 11 is 0. The van der Waals surface area contributed by atoms with Crippen molar-refractivity contribution < 1.29 is 5.11 Å². The first-order valence-electron chi connectivity index (χ1n) is 5.79. The van der Waals surface area contributed by atoms with Gasteiger partial charge in [-0.3, -0.25) is 4.90 Å². The molecule has 15 heavy (non-hydrogen) atoms. The summed E-state index contributed by atoms with van der Waals surface area (Å²) in [7, 11) is 0. The van der Waals surface area contributed by atoms with Gasteiger partial charge < -0.3 is 5.11 Å². The monoisotopic (exact) mass is 203 g/mol. The summed E-state index contributed by atoms with van der Waals surface area (Å²) in [5, 5.41) is 9.68. The summed E-state index contributed by atoms with van der Waals surface area (Å²) < 4.78 is 0. The lowest BCUT2D eigenvalue weighted by molar-refractivity contribution is 0.0711. The third-order valence-electron chi connectivity index (χ3n) is 3.85. The number of fused-ring (bicyclic) bond motifs is 2. The largest absolute Gasteiger partial charge is 0.393 e. The van der Waals surface area contributed by atoms with Gasteiger partial charge in [-0.15, -0.1) is 0 Å². The highest BCUT2D eigenvalue weighted by Gasteiger charge is 2.43. The molecule has 2 nitrogen and oxygen atoms in total. The highest BCUT2D eigenvalue weighted by molar-refractivity contribution is 5.15. The van der Waals surface area contributed by atoms with Gasteiger partial charge in [0.25, 0.3) is 0 Å². The fourth-order valence-corrected chi connectivity index (χ4v) is 3.03. The van der Waals surface area contributed by atoms with Crippen LogP contribution in [0.5, 0.6) is 0 Å². The maximum absolute atomic E-state index is 9.68. The van der Waals surface area contributed by atoms with Gasteiger partial charge in [0.2, 0.25) is 0 Å². The highest BCUT2D eigenvalue weighted by atomic mass is 16.3. The van der Waals surface area contributed by atoms with E-state index in [4.69, 9.17) is 0 Å². The summed E-state index contributed by atoms with van der Waals surface area (Å²) in [6, 6.07) is 11.2. The number of piperidine rings is 1. The third-order valence-corrected chi connectivity index (χ3v) is 3.85. The summed E-state index contributed by atoms with van der Waals surface area (Å²) in [4.78, 5) is 2.52. The molecule has 3 rings (SSSR count). The zero-order valence-electron chi connectivity index (χ0n) is 8.84. The topological polar surface area (TPSA) is 23.5 Å². The van der Waals surface area contributed by atoms with E-state index in [1.807, 2.05) is 0 Å². The molecule has 2 heteroatoms. The summed E-state index contributed by atoms with van der Waals surface area (Å²) in [5.74, 6) is 0.540. The Balaban J connectivity index is 1.67. The number of hydrogen-bond acceptors (Lipinski definition) is 2. The van der Waals surface area contributed by atoms with E-state index in [2.05, 4.69) is 35.2 Å². The van der Waals surface area contributed by atoms with Gasteiger partial charge in [0.1, 0.15) is 0 Å². The quantitative estimate of drug-likeness (QED) is 0.790. The van der Waals surface area contributed by atoms with Crippen molar-refractivity contribution in [2.24, 2.45) is 5.92 Å². The minimum atomic E-state index is -0.0259. The molecule has 1 N–H and O–H groups in total. The van der Waals surface area contributed by atoms with Gasteiger partial charge in [-0.05, 0) is 24.3 Å². The lowest BCUT2D eigenvalue weighted by atomic mass is 10.1. The molecule has 1 saturated carbocycles. The Morgan fingerprint density at radius 1 is 1.20 bits per heavy atom. The molecule has 1 aliphatic heterocycles. The van der Waals surface area contributed by atoms with Crippen LogP contribution in [-0.2, 0) is 6.54 Å². The van der Waals surface area contributed by atoms with Gasteiger partial charge in [0.05, 0.1) is 6.10 Å². The number of aliphatic hydroxyl groups is 1. The van der Waals surface area contributed by atoms with E-state index >= 15 is 0 Å². The van der Waals surface area contributed by atoms with Crippen molar-refractivity contribution in [3.8, 4) is 0 Å². The van der Waals surface area contributed by atoms with Crippen LogP contribution in [-0.4, -0.2) is 28.7 Å². The number of likely N-dealkylation sites (tertiary alicyclic amines) is 1. The van der Waals surface area contributed by atoms with E-state index in [1.54, 1.807) is 0 Å². The predicted molar refractivity (Wildman–Crippen MR) is 59.4 cm³/mol. The Hall–Kier alpha value is -0.860. The second-order valence-electron chi connectivity index (χ2n) is 4.87. The van der Waals surface area contributed by atoms with E-state index in [0.29, 0.717) is 12.0 Å². The molecule has 0 spiro atoms.